The Morgan fingerprint density at radius 2 is 2.00 bits per heavy atom. The molecule has 0 N–H and O–H groups in total. The Labute approximate surface area is 198 Å². The molecular formula is C26H30N2O4S. The largest absolute Gasteiger partial charge is 0.493 e. The number of thiophene rings is 1. The number of carbonyl (C=O) groups excluding carboxylic acids is 1. The Hall–Kier alpha value is -2.77. The lowest BCUT2D eigenvalue weighted by Gasteiger charge is -2.37. The number of fused-ring (bicyclic) bond motifs is 2. The molecule has 0 atom stereocenters. The molecule has 1 saturated heterocycles. The Kier molecular flexibility index (Phi) is 6.42. The molecule has 1 aromatic heterocycles. The lowest BCUT2D eigenvalue weighted by atomic mass is 9.99. The summed E-state index contributed by atoms with van der Waals surface area (Å²) < 4.78 is 18.4. The second-order valence-corrected chi connectivity index (χ2v) is 9.46. The standard InChI is InChI=1S/C26H30N2O4S/c1-3-31-26(29)27-10-8-20(9-11-27)28-12-13-32-25-19(16-28)14-18(15-23(25)30-2)22-17-33-24-7-5-4-6-21(22)24/h4-7,14-15,17,20H,3,8-13,16H2,1-2H3. The third-order valence-corrected chi connectivity index (χ3v) is 7.61. The average Bonchev–Trinajstić information content (AvgIpc) is 3.16. The first-order chi connectivity index (χ1) is 16.2. The minimum atomic E-state index is -0.196. The van der Waals surface area contributed by atoms with Gasteiger partial charge < -0.3 is 19.1 Å². The van der Waals surface area contributed by atoms with Crippen molar-refractivity contribution in [2.75, 3.05) is 40.0 Å². The van der Waals surface area contributed by atoms with Gasteiger partial charge in [0.25, 0.3) is 0 Å². The van der Waals surface area contributed by atoms with E-state index in [1.807, 2.05) is 11.8 Å². The summed E-state index contributed by atoms with van der Waals surface area (Å²) in [5.74, 6) is 1.64. The van der Waals surface area contributed by atoms with E-state index in [1.54, 1.807) is 18.4 Å². The van der Waals surface area contributed by atoms with E-state index in [9.17, 15) is 4.79 Å². The molecule has 6 nitrogen and oxygen atoms in total. The molecule has 3 heterocycles. The molecule has 0 unspecified atom stereocenters. The van der Waals surface area contributed by atoms with E-state index in [-0.39, 0.29) is 6.09 Å². The van der Waals surface area contributed by atoms with Gasteiger partial charge in [0.1, 0.15) is 6.61 Å². The zero-order valence-electron chi connectivity index (χ0n) is 19.2. The van der Waals surface area contributed by atoms with Gasteiger partial charge in [0, 0.05) is 53.4 Å². The van der Waals surface area contributed by atoms with E-state index < -0.39 is 0 Å². The predicted octanol–water partition coefficient (Wildman–Crippen LogP) is 5.39. The van der Waals surface area contributed by atoms with Crippen molar-refractivity contribution < 1.29 is 19.0 Å². The molecule has 5 rings (SSSR count). The molecule has 1 amide bonds. The van der Waals surface area contributed by atoms with Crippen LogP contribution in [0.15, 0.2) is 41.8 Å². The molecule has 33 heavy (non-hydrogen) atoms. The fourth-order valence-corrected chi connectivity index (χ4v) is 5.92. The van der Waals surface area contributed by atoms with Crippen molar-refractivity contribution in [1.82, 2.24) is 9.80 Å². The number of hydrogen-bond acceptors (Lipinski definition) is 6. The van der Waals surface area contributed by atoms with Gasteiger partial charge in [0.2, 0.25) is 0 Å². The zero-order chi connectivity index (χ0) is 22.8. The van der Waals surface area contributed by atoms with Gasteiger partial charge in [-0.3, -0.25) is 4.90 Å². The quantitative estimate of drug-likeness (QED) is 0.516. The molecular weight excluding hydrogens is 436 g/mol. The average molecular weight is 467 g/mol. The molecule has 0 aliphatic carbocycles. The number of hydrogen-bond donors (Lipinski definition) is 0. The highest BCUT2D eigenvalue weighted by Crippen LogP contribution is 2.42. The predicted molar refractivity (Wildman–Crippen MR) is 131 cm³/mol. The van der Waals surface area contributed by atoms with Gasteiger partial charge >= 0.3 is 6.09 Å². The summed E-state index contributed by atoms with van der Waals surface area (Å²) in [5, 5.41) is 3.49. The topological polar surface area (TPSA) is 51.2 Å². The van der Waals surface area contributed by atoms with Crippen LogP contribution in [-0.2, 0) is 11.3 Å². The van der Waals surface area contributed by atoms with Gasteiger partial charge in [-0.15, -0.1) is 11.3 Å². The summed E-state index contributed by atoms with van der Waals surface area (Å²) in [6.07, 6.45) is 1.69. The Morgan fingerprint density at radius 3 is 2.79 bits per heavy atom. The SMILES string of the molecule is CCOC(=O)N1CCC(N2CCOc3c(cc(-c4csc5ccccc45)cc3OC)C2)CC1. The van der Waals surface area contributed by atoms with Crippen molar-refractivity contribution in [1.29, 1.82) is 0 Å². The number of rotatable bonds is 4. The minimum Gasteiger partial charge on any atom is -0.493 e. The van der Waals surface area contributed by atoms with Crippen LogP contribution in [0.3, 0.4) is 0 Å². The number of methoxy groups -OCH3 is 1. The maximum atomic E-state index is 12.1. The molecule has 1 fully saturated rings. The summed E-state index contributed by atoms with van der Waals surface area (Å²) in [5.41, 5.74) is 3.55. The molecule has 2 aliphatic heterocycles. The molecule has 174 valence electrons. The van der Waals surface area contributed by atoms with Gasteiger partial charge in [-0.2, -0.15) is 0 Å². The Morgan fingerprint density at radius 1 is 1.18 bits per heavy atom. The first kappa shape index (κ1) is 22.0. The summed E-state index contributed by atoms with van der Waals surface area (Å²) >= 11 is 1.77. The minimum absolute atomic E-state index is 0.196. The van der Waals surface area contributed by atoms with Crippen molar-refractivity contribution >= 4 is 27.5 Å². The maximum Gasteiger partial charge on any atom is 0.409 e. The molecule has 0 saturated carbocycles. The van der Waals surface area contributed by atoms with Gasteiger partial charge in [-0.25, -0.2) is 4.79 Å². The number of ether oxygens (including phenoxy) is 3. The highest BCUT2D eigenvalue weighted by Gasteiger charge is 2.30. The zero-order valence-corrected chi connectivity index (χ0v) is 20.0. The van der Waals surface area contributed by atoms with Gasteiger partial charge in [-0.05, 0) is 48.9 Å². The number of likely N-dealkylation sites (tertiary alicyclic amines) is 1. The third kappa shape index (κ3) is 4.39. The van der Waals surface area contributed by atoms with Crippen LogP contribution in [0.2, 0.25) is 0 Å². The highest BCUT2D eigenvalue weighted by molar-refractivity contribution is 7.17. The van der Waals surface area contributed by atoms with E-state index in [4.69, 9.17) is 14.2 Å². The summed E-state index contributed by atoms with van der Waals surface area (Å²) in [6, 6.07) is 13.3. The van der Waals surface area contributed by atoms with Crippen LogP contribution in [0.25, 0.3) is 21.2 Å². The first-order valence-corrected chi connectivity index (χ1v) is 12.5. The second-order valence-electron chi connectivity index (χ2n) is 8.55. The van der Waals surface area contributed by atoms with E-state index in [0.29, 0.717) is 19.3 Å². The fourth-order valence-electron chi connectivity index (χ4n) is 4.95. The normalized spacial score (nSPS) is 17.3. The van der Waals surface area contributed by atoms with Gasteiger partial charge in [-0.1, -0.05) is 18.2 Å². The van der Waals surface area contributed by atoms with Crippen molar-refractivity contribution in [3.63, 3.8) is 0 Å². The Bertz CT molecular complexity index is 1140. The van der Waals surface area contributed by atoms with E-state index >= 15 is 0 Å². The van der Waals surface area contributed by atoms with Crippen molar-refractivity contribution in [3.05, 3.63) is 47.3 Å². The number of piperidine rings is 1. The van der Waals surface area contributed by atoms with Crippen molar-refractivity contribution in [2.45, 2.75) is 32.4 Å². The summed E-state index contributed by atoms with van der Waals surface area (Å²) in [4.78, 5) is 16.4. The second kappa shape index (κ2) is 9.61. The van der Waals surface area contributed by atoms with Crippen LogP contribution in [0.1, 0.15) is 25.3 Å². The van der Waals surface area contributed by atoms with Gasteiger partial charge in [0.05, 0.1) is 13.7 Å². The summed E-state index contributed by atoms with van der Waals surface area (Å²) in [7, 11) is 1.71. The summed E-state index contributed by atoms with van der Waals surface area (Å²) in [6.45, 7) is 6.03. The number of carbonyl (C=O) groups is 1. The van der Waals surface area contributed by atoms with Crippen molar-refractivity contribution in [2.24, 2.45) is 0 Å². The van der Waals surface area contributed by atoms with Crippen LogP contribution < -0.4 is 9.47 Å². The number of amides is 1. The lowest BCUT2D eigenvalue weighted by Crippen LogP contribution is -2.47. The number of nitrogens with zero attached hydrogens (tertiary/aromatic N) is 2. The molecule has 7 heteroatoms. The molecule has 2 aromatic carbocycles. The van der Waals surface area contributed by atoms with E-state index in [2.05, 4.69) is 46.7 Å². The van der Waals surface area contributed by atoms with Crippen LogP contribution >= 0.6 is 11.3 Å². The molecule has 3 aromatic rings. The van der Waals surface area contributed by atoms with E-state index in [1.165, 1.54) is 15.6 Å². The van der Waals surface area contributed by atoms with E-state index in [0.717, 1.165) is 61.6 Å². The van der Waals surface area contributed by atoms with Crippen LogP contribution in [0, 0.1) is 0 Å². The lowest BCUT2D eigenvalue weighted by molar-refractivity contribution is 0.0704. The van der Waals surface area contributed by atoms with Crippen LogP contribution in [-0.4, -0.2) is 61.9 Å². The fraction of sp³-hybridized carbons (Fsp3) is 0.423. The van der Waals surface area contributed by atoms with Crippen LogP contribution in [0.4, 0.5) is 4.79 Å². The molecule has 0 radical (unpaired) electrons. The Balaban J connectivity index is 1.40. The van der Waals surface area contributed by atoms with Gasteiger partial charge in [0.15, 0.2) is 11.5 Å². The monoisotopic (exact) mass is 466 g/mol. The molecule has 2 aliphatic rings. The van der Waals surface area contributed by atoms with Crippen molar-refractivity contribution in [3.8, 4) is 22.6 Å². The third-order valence-electron chi connectivity index (χ3n) is 6.65. The molecule has 0 bridgehead atoms. The first-order valence-electron chi connectivity index (χ1n) is 11.6. The highest BCUT2D eigenvalue weighted by atomic mass is 32.1. The maximum absolute atomic E-state index is 12.1. The molecule has 0 spiro atoms. The smallest absolute Gasteiger partial charge is 0.409 e. The number of benzene rings is 2. The van der Waals surface area contributed by atoms with Crippen LogP contribution in [0.5, 0.6) is 11.5 Å².